The van der Waals surface area contributed by atoms with Crippen LogP contribution in [0, 0.1) is 0 Å². The number of carbonyl (C=O) groups excluding carboxylic acids is 1. The maximum atomic E-state index is 12.2. The molecule has 1 saturated carbocycles. The molecule has 0 aromatic carbocycles. The zero-order chi connectivity index (χ0) is 13.2. The third-order valence-electron chi connectivity index (χ3n) is 3.22. The standard InChI is InChI=1S/C14H14ClNOS2/c15-14-4-3-13(19-14)12(17)8-16(11-1-2-11)7-10-5-6-18-9-10/h3-6,9,11H,1-2,7-8H2. The van der Waals surface area contributed by atoms with Gasteiger partial charge in [0.05, 0.1) is 15.8 Å². The normalized spacial score (nSPS) is 15.1. The van der Waals surface area contributed by atoms with E-state index in [0.717, 1.165) is 11.4 Å². The second-order valence-corrected chi connectivity index (χ2v) is 7.29. The van der Waals surface area contributed by atoms with Gasteiger partial charge < -0.3 is 0 Å². The molecule has 0 aliphatic heterocycles. The Hall–Kier alpha value is -0.680. The first-order valence-corrected chi connectivity index (χ1v) is 8.40. The van der Waals surface area contributed by atoms with Crippen LogP contribution >= 0.6 is 34.3 Å². The van der Waals surface area contributed by atoms with Crippen LogP contribution in [-0.2, 0) is 6.54 Å². The maximum absolute atomic E-state index is 12.2. The summed E-state index contributed by atoms with van der Waals surface area (Å²) < 4.78 is 0.680. The van der Waals surface area contributed by atoms with Crippen LogP contribution in [0.1, 0.15) is 28.1 Å². The molecule has 2 nitrogen and oxygen atoms in total. The molecule has 2 heterocycles. The van der Waals surface area contributed by atoms with Crippen molar-refractivity contribution in [1.82, 2.24) is 4.90 Å². The van der Waals surface area contributed by atoms with Gasteiger partial charge in [0.25, 0.3) is 0 Å². The minimum absolute atomic E-state index is 0.180. The molecule has 0 bridgehead atoms. The monoisotopic (exact) mass is 311 g/mol. The minimum Gasteiger partial charge on any atom is -0.292 e. The highest BCUT2D eigenvalue weighted by atomic mass is 35.5. The molecule has 0 spiro atoms. The molecule has 5 heteroatoms. The van der Waals surface area contributed by atoms with E-state index in [1.54, 1.807) is 17.4 Å². The second-order valence-electron chi connectivity index (χ2n) is 4.79. The molecule has 3 rings (SSSR count). The van der Waals surface area contributed by atoms with E-state index in [-0.39, 0.29) is 5.78 Å². The van der Waals surface area contributed by atoms with E-state index in [2.05, 4.69) is 21.7 Å². The molecule has 0 atom stereocenters. The van der Waals surface area contributed by atoms with Gasteiger partial charge in [-0.1, -0.05) is 11.6 Å². The summed E-state index contributed by atoms with van der Waals surface area (Å²) >= 11 is 8.96. The van der Waals surface area contributed by atoms with Crippen molar-refractivity contribution in [2.75, 3.05) is 6.54 Å². The lowest BCUT2D eigenvalue weighted by molar-refractivity contribution is 0.0923. The van der Waals surface area contributed by atoms with Crippen LogP contribution in [0.15, 0.2) is 29.0 Å². The van der Waals surface area contributed by atoms with Crippen molar-refractivity contribution in [1.29, 1.82) is 0 Å². The molecule has 0 unspecified atom stereocenters. The second kappa shape index (κ2) is 5.75. The predicted molar refractivity (Wildman–Crippen MR) is 81.4 cm³/mol. The highest BCUT2D eigenvalue weighted by Crippen LogP contribution is 2.29. The zero-order valence-corrected chi connectivity index (χ0v) is 12.7. The van der Waals surface area contributed by atoms with Crippen LogP contribution in [0.5, 0.6) is 0 Å². The van der Waals surface area contributed by atoms with Crippen molar-refractivity contribution in [3.63, 3.8) is 0 Å². The highest BCUT2D eigenvalue weighted by molar-refractivity contribution is 7.18. The summed E-state index contributed by atoms with van der Waals surface area (Å²) in [7, 11) is 0. The van der Waals surface area contributed by atoms with Gasteiger partial charge in [0, 0.05) is 12.6 Å². The predicted octanol–water partition coefficient (Wildman–Crippen LogP) is 4.31. The smallest absolute Gasteiger partial charge is 0.186 e. The van der Waals surface area contributed by atoms with Crippen molar-refractivity contribution >= 4 is 40.1 Å². The van der Waals surface area contributed by atoms with Gasteiger partial charge in [0.2, 0.25) is 0 Å². The molecule has 0 radical (unpaired) electrons. The molecule has 100 valence electrons. The minimum atomic E-state index is 0.180. The number of ketones is 1. The number of rotatable bonds is 6. The van der Waals surface area contributed by atoms with E-state index >= 15 is 0 Å². The van der Waals surface area contributed by atoms with Gasteiger partial charge in [0.1, 0.15) is 0 Å². The molecule has 1 aliphatic rings. The summed E-state index contributed by atoms with van der Waals surface area (Å²) in [4.78, 5) is 15.3. The average molecular weight is 312 g/mol. The summed E-state index contributed by atoms with van der Waals surface area (Å²) in [6, 6.07) is 6.33. The summed E-state index contributed by atoms with van der Waals surface area (Å²) in [5, 5.41) is 4.24. The molecule has 1 aliphatic carbocycles. The van der Waals surface area contributed by atoms with Gasteiger partial charge in [-0.05, 0) is 47.4 Å². The maximum Gasteiger partial charge on any atom is 0.186 e. The number of nitrogens with zero attached hydrogens (tertiary/aromatic N) is 1. The van der Waals surface area contributed by atoms with Gasteiger partial charge in [-0.15, -0.1) is 11.3 Å². The third kappa shape index (κ3) is 3.45. The highest BCUT2D eigenvalue weighted by Gasteiger charge is 2.30. The fraction of sp³-hybridized carbons (Fsp3) is 0.357. The molecule has 1 fully saturated rings. The molecule has 2 aromatic rings. The Bertz CT molecular complexity index is 560. The largest absolute Gasteiger partial charge is 0.292 e. The average Bonchev–Trinajstić information content (AvgIpc) is 2.94. The van der Waals surface area contributed by atoms with E-state index in [1.807, 2.05) is 6.07 Å². The van der Waals surface area contributed by atoms with Crippen molar-refractivity contribution in [3.05, 3.63) is 43.7 Å². The zero-order valence-electron chi connectivity index (χ0n) is 10.3. The Morgan fingerprint density at radius 3 is 2.79 bits per heavy atom. The van der Waals surface area contributed by atoms with E-state index < -0.39 is 0 Å². The Balaban J connectivity index is 1.66. The Morgan fingerprint density at radius 1 is 1.37 bits per heavy atom. The first kappa shape index (κ1) is 13.3. The van der Waals surface area contributed by atoms with Crippen LogP contribution < -0.4 is 0 Å². The number of halogens is 1. The van der Waals surface area contributed by atoms with E-state index in [1.165, 1.54) is 29.7 Å². The van der Waals surface area contributed by atoms with Crippen molar-refractivity contribution in [3.8, 4) is 0 Å². The number of carbonyl (C=O) groups is 1. The third-order valence-corrected chi connectivity index (χ3v) is 5.23. The molecule has 19 heavy (non-hydrogen) atoms. The van der Waals surface area contributed by atoms with Crippen LogP contribution in [0.3, 0.4) is 0 Å². The van der Waals surface area contributed by atoms with Gasteiger partial charge in [-0.2, -0.15) is 11.3 Å². The lowest BCUT2D eigenvalue weighted by atomic mass is 10.2. The molecule has 0 amide bonds. The molecule has 2 aromatic heterocycles. The van der Waals surface area contributed by atoms with Crippen molar-refractivity contribution < 1.29 is 4.79 Å². The SMILES string of the molecule is O=C(CN(Cc1ccsc1)C1CC1)c1ccc(Cl)s1. The molecular weight excluding hydrogens is 298 g/mol. The molecule has 0 N–H and O–H groups in total. The number of Topliss-reactive ketones (excluding diaryl/α,β-unsaturated/α-hetero) is 1. The van der Waals surface area contributed by atoms with E-state index in [0.29, 0.717) is 16.9 Å². The lowest BCUT2D eigenvalue weighted by Crippen LogP contribution is -2.31. The van der Waals surface area contributed by atoms with Crippen LogP contribution in [0.4, 0.5) is 0 Å². The van der Waals surface area contributed by atoms with E-state index in [9.17, 15) is 4.79 Å². The van der Waals surface area contributed by atoms with Gasteiger partial charge in [0.15, 0.2) is 5.78 Å². The fourth-order valence-corrected chi connectivity index (χ4v) is 3.73. The summed E-state index contributed by atoms with van der Waals surface area (Å²) in [5.74, 6) is 0.180. The summed E-state index contributed by atoms with van der Waals surface area (Å²) in [6.07, 6.45) is 2.42. The van der Waals surface area contributed by atoms with E-state index in [4.69, 9.17) is 11.6 Å². The van der Waals surface area contributed by atoms with Crippen LogP contribution in [-0.4, -0.2) is 23.3 Å². The van der Waals surface area contributed by atoms with Gasteiger partial charge in [-0.25, -0.2) is 0 Å². The topological polar surface area (TPSA) is 20.3 Å². The number of hydrogen-bond acceptors (Lipinski definition) is 4. The van der Waals surface area contributed by atoms with Gasteiger partial charge >= 0.3 is 0 Å². The quantitative estimate of drug-likeness (QED) is 0.741. The first-order valence-electron chi connectivity index (χ1n) is 6.26. The van der Waals surface area contributed by atoms with Crippen LogP contribution in [0.2, 0.25) is 4.34 Å². The molecule has 0 saturated heterocycles. The number of hydrogen-bond donors (Lipinski definition) is 0. The summed E-state index contributed by atoms with van der Waals surface area (Å²) in [6.45, 7) is 1.37. The Morgan fingerprint density at radius 2 is 2.21 bits per heavy atom. The lowest BCUT2D eigenvalue weighted by Gasteiger charge is -2.20. The number of thiophene rings is 2. The van der Waals surface area contributed by atoms with Gasteiger partial charge in [-0.3, -0.25) is 9.69 Å². The Kier molecular flexibility index (Phi) is 4.03. The first-order chi connectivity index (χ1) is 9.22. The molecular formula is C14H14ClNOS2. The fourth-order valence-electron chi connectivity index (χ4n) is 2.10. The Labute approximate surface area is 125 Å². The summed E-state index contributed by atoms with van der Waals surface area (Å²) in [5.41, 5.74) is 1.30. The van der Waals surface area contributed by atoms with Crippen LogP contribution in [0.25, 0.3) is 0 Å². The van der Waals surface area contributed by atoms with Crippen molar-refractivity contribution in [2.45, 2.75) is 25.4 Å². The van der Waals surface area contributed by atoms with Crippen molar-refractivity contribution in [2.24, 2.45) is 0 Å².